The molecule has 0 spiro atoms. The number of nitrogens with one attached hydrogen (secondary N) is 1. The number of aromatic nitrogens is 1. The Kier molecular flexibility index (Phi) is 3.51. The molecule has 21 heavy (non-hydrogen) atoms. The summed E-state index contributed by atoms with van der Waals surface area (Å²) in [5.74, 6) is 0.813. The Hall–Kier alpha value is -1.79. The molecule has 0 bridgehead atoms. The van der Waals surface area contributed by atoms with E-state index in [9.17, 15) is 8.42 Å². The first kappa shape index (κ1) is 14.2. The van der Waals surface area contributed by atoms with Crippen LogP contribution in [0.1, 0.15) is 12.0 Å². The topological polar surface area (TPSA) is 62.4 Å². The average Bonchev–Trinajstić information content (AvgIpc) is 2.90. The van der Waals surface area contributed by atoms with Crippen LogP contribution in [-0.4, -0.2) is 44.2 Å². The zero-order valence-electron chi connectivity index (χ0n) is 12.1. The van der Waals surface area contributed by atoms with Crippen LogP contribution in [0.25, 0.3) is 16.5 Å². The first-order valence-corrected chi connectivity index (χ1v) is 8.64. The summed E-state index contributed by atoms with van der Waals surface area (Å²) in [6, 6.07) is 5.93. The van der Waals surface area contributed by atoms with Crippen LogP contribution in [0.4, 0.5) is 0 Å². The summed E-state index contributed by atoms with van der Waals surface area (Å²) in [7, 11) is -1.46. The quantitative estimate of drug-likeness (QED) is 0.946. The number of fused-ring (bicyclic) bond motifs is 1. The van der Waals surface area contributed by atoms with Gasteiger partial charge in [-0.3, -0.25) is 0 Å². The predicted molar refractivity (Wildman–Crippen MR) is 83.9 cm³/mol. The van der Waals surface area contributed by atoms with Gasteiger partial charge in [0.05, 0.1) is 18.9 Å². The average molecular weight is 306 g/mol. The molecule has 5 nitrogen and oxygen atoms in total. The van der Waals surface area contributed by atoms with Crippen molar-refractivity contribution >= 4 is 26.5 Å². The number of ether oxygens (including phenoxy) is 1. The van der Waals surface area contributed by atoms with Crippen LogP contribution in [-0.2, 0) is 10.0 Å². The van der Waals surface area contributed by atoms with Crippen molar-refractivity contribution < 1.29 is 13.2 Å². The van der Waals surface area contributed by atoms with Crippen LogP contribution >= 0.6 is 0 Å². The number of hydrogen-bond acceptors (Lipinski definition) is 3. The van der Waals surface area contributed by atoms with Gasteiger partial charge in [0.1, 0.15) is 5.75 Å². The van der Waals surface area contributed by atoms with Gasteiger partial charge in [0.25, 0.3) is 0 Å². The molecule has 3 rings (SSSR count). The van der Waals surface area contributed by atoms with Gasteiger partial charge in [-0.2, -0.15) is 4.31 Å². The number of aromatic amines is 1. The molecule has 1 N–H and O–H groups in total. The van der Waals surface area contributed by atoms with E-state index in [1.54, 1.807) is 7.11 Å². The molecule has 0 fully saturated rings. The highest BCUT2D eigenvalue weighted by atomic mass is 32.2. The van der Waals surface area contributed by atoms with Crippen molar-refractivity contribution in [1.82, 2.24) is 9.29 Å². The minimum atomic E-state index is -3.11. The van der Waals surface area contributed by atoms with Crippen LogP contribution < -0.4 is 4.74 Å². The van der Waals surface area contributed by atoms with Gasteiger partial charge in [-0.1, -0.05) is 18.2 Å². The molecule has 0 radical (unpaired) electrons. The van der Waals surface area contributed by atoms with Gasteiger partial charge in [-0.05, 0) is 18.1 Å². The maximum atomic E-state index is 11.5. The Morgan fingerprint density at radius 1 is 1.33 bits per heavy atom. The number of nitrogens with zero attached hydrogens (tertiary/aromatic N) is 1. The van der Waals surface area contributed by atoms with Gasteiger partial charge >= 0.3 is 0 Å². The van der Waals surface area contributed by atoms with Gasteiger partial charge in [0.2, 0.25) is 10.0 Å². The number of hydrogen-bond donors (Lipinski definition) is 1. The van der Waals surface area contributed by atoms with E-state index in [2.05, 4.69) is 4.98 Å². The standard InChI is InChI=1S/C15H18N2O3S/c1-20-14-5-3-4-12-13(10-16-15(12)14)11-6-8-17(9-7-11)21(2,18)19/h3-6,10,16H,7-9H2,1-2H3. The van der Waals surface area contributed by atoms with E-state index in [-0.39, 0.29) is 0 Å². The van der Waals surface area contributed by atoms with Gasteiger partial charge < -0.3 is 9.72 Å². The summed E-state index contributed by atoms with van der Waals surface area (Å²) in [5.41, 5.74) is 3.27. The number of rotatable bonds is 3. The summed E-state index contributed by atoms with van der Waals surface area (Å²) in [6.45, 7) is 0.964. The molecule has 0 saturated carbocycles. The molecular formula is C15H18N2O3S. The monoisotopic (exact) mass is 306 g/mol. The van der Waals surface area contributed by atoms with Gasteiger partial charge in [-0.25, -0.2) is 8.42 Å². The third-order valence-corrected chi connectivity index (χ3v) is 5.15. The number of H-pyrrole nitrogens is 1. The van der Waals surface area contributed by atoms with Crippen LogP contribution in [0.2, 0.25) is 0 Å². The summed E-state index contributed by atoms with van der Waals surface area (Å²) in [4.78, 5) is 3.25. The van der Waals surface area contributed by atoms with Gasteiger partial charge in [0.15, 0.2) is 0 Å². The zero-order chi connectivity index (χ0) is 15.0. The zero-order valence-corrected chi connectivity index (χ0v) is 12.9. The highest BCUT2D eigenvalue weighted by Crippen LogP contribution is 2.33. The summed E-state index contributed by atoms with van der Waals surface area (Å²) in [6.07, 6.45) is 5.93. The minimum Gasteiger partial charge on any atom is -0.495 e. The third-order valence-electron chi connectivity index (χ3n) is 3.88. The molecule has 0 atom stereocenters. The molecule has 0 saturated heterocycles. The van der Waals surface area contributed by atoms with E-state index >= 15 is 0 Å². The van der Waals surface area contributed by atoms with Gasteiger partial charge in [0, 0.05) is 30.2 Å². The normalized spacial score (nSPS) is 17.0. The molecule has 6 heteroatoms. The summed E-state index contributed by atoms with van der Waals surface area (Å²) >= 11 is 0. The lowest BCUT2D eigenvalue weighted by Crippen LogP contribution is -2.33. The maximum Gasteiger partial charge on any atom is 0.211 e. The molecule has 0 aliphatic carbocycles. The largest absolute Gasteiger partial charge is 0.495 e. The first-order chi connectivity index (χ1) is 10.0. The molecule has 0 unspecified atom stereocenters. The number of benzene rings is 1. The van der Waals surface area contributed by atoms with Crippen LogP contribution in [0.15, 0.2) is 30.5 Å². The van der Waals surface area contributed by atoms with Gasteiger partial charge in [-0.15, -0.1) is 0 Å². The Morgan fingerprint density at radius 3 is 2.76 bits per heavy atom. The van der Waals surface area contributed by atoms with E-state index in [4.69, 9.17) is 4.74 Å². The Balaban J connectivity index is 1.98. The fourth-order valence-electron chi connectivity index (χ4n) is 2.76. The molecule has 1 aliphatic heterocycles. The van der Waals surface area contributed by atoms with Crippen molar-refractivity contribution in [2.24, 2.45) is 0 Å². The predicted octanol–water partition coefficient (Wildman–Crippen LogP) is 2.23. The van der Waals surface area contributed by atoms with E-state index in [1.165, 1.54) is 16.1 Å². The van der Waals surface area contributed by atoms with Crippen LogP contribution in [0.5, 0.6) is 5.75 Å². The lowest BCUT2D eigenvalue weighted by Gasteiger charge is -2.24. The molecular weight excluding hydrogens is 288 g/mol. The third kappa shape index (κ3) is 2.56. The number of sulfonamides is 1. The second-order valence-corrected chi connectivity index (χ2v) is 7.17. The summed E-state index contributed by atoms with van der Waals surface area (Å²) in [5, 5.41) is 1.11. The Labute approximate surface area is 124 Å². The summed E-state index contributed by atoms with van der Waals surface area (Å²) < 4.78 is 29.9. The van der Waals surface area contributed by atoms with Crippen LogP contribution in [0.3, 0.4) is 0 Å². The highest BCUT2D eigenvalue weighted by molar-refractivity contribution is 7.88. The Morgan fingerprint density at radius 2 is 2.14 bits per heavy atom. The Bertz CT molecular complexity index is 805. The molecule has 1 aliphatic rings. The van der Waals surface area contributed by atoms with Crippen molar-refractivity contribution in [2.75, 3.05) is 26.5 Å². The highest BCUT2D eigenvalue weighted by Gasteiger charge is 2.21. The molecule has 0 amide bonds. The second kappa shape index (κ2) is 5.20. The SMILES string of the molecule is COc1cccc2c(C3=CCN(S(C)(=O)=O)CC3)c[nH]c12. The van der Waals surface area contributed by atoms with Crippen LogP contribution in [0, 0.1) is 0 Å². The lowest BCUT2D eigenvalue weighted by atomic mass is 9.99. The van der Waals surface area contributed by atoms with Crippen molar-refractivity contribution in [3.05, 3.63) is 36.0 Å². The maximum absolute atomic E-state index is 11.5. The molecule has 112 valence electrons. The molecule has 2 heterocycles. The lowest BCUT2D eigenvalue weighted by molar-refractivity contribution is 0.419. The molecule has 1 aromatic carbocycles. The molecule has 2 aromatic rings. The number of para-hydroxylation sites is 1. The van der Waals surface area contributed by atoms with E-state index < -0.39 is 10.0 Å². The number of methoxy groups -OCH3 is 1. The fourth-order valence-corrected chi connectivity index (χ4v) is 3.53. The molecule has 1 aromatic heterocycles. The van der Waals surface area contributed by atoms with E-state index in [1.807, 2.05) is 30.5 Å². The smallest absolute Gasteiger partial charge is 0.211 e. The minimum absolute atomic E-state index is 0.435. The van der Waals surface area contributed by atoms with Crippen molar-refractivity contribution in [2.45, 2.75) is 6.42 Å². The van der Waals surface area contributed by atoms with E-state index in [0.717, 1.165) is 28.6 Å². The van der Waals surface area contributed by atoms with Crippen molar-refractivity contribution in [3.8, 4) is 5.75 Å². The van der Waals surface area contributed by atoms with Crippen molar-refractivity contribution in [3.63, 3.8) is 0 Å². The second-order valence-electron chi connectivity index (χ2n) is 5.19. The van der Waals surface area contributed by atoms with E-state index in [0.29, 0.717) is 13.1 Å². The van der Waals surface area contributed by atoms with Crippen molar-refractivity contribution in [1.29, 1.82) is 0 Å². The first-order valence-electron chi connectivity index (χ1n) is 6.79. The fraction of sp³-hybridized carbons (Fsp3) is 0.333.